The lowest BCUT2D eigenvalue weighted by atomic mass is 10.1. The Hall–Kier alpha value is -4.92. The molecule has 4 aromatic rings. The van der Waals surface area contributed by atoms with E-state index in [0.29, 0.717) is 35.7 Å². The topological polar surface area (TPSA) is 126 Å². The van der Waals surface area contributed by atoms with E-state index >= 15 is 0 Å². The summed E-state index contributed by atoms with van der Waals surface area (Å²) in [5.41, 5.74) is 3.17. The molecule has 1 aliphatic rings. The van der Waals surface area contributed by atoms with Gasteiger partial charge in [0, 0.05) is 47.3 Å². The van der Waals surface area contributed by atoms with Crippen molar-refractivity contribution in [3.63, 3.8) is 0 Å². The zero-order chi connectivity index (χ0) is 25.1. The number of aliphatic carboxylic acids is 1. The Morgan fingerprint density at radius 2 is 2.03 bits per heavy atom. The third kappa shape index (κ3) is 4.67. The summed E-state index contributed by atoms with van der Waals surface area (Å²) >= 11 is 0. The number of rotatable bonds is 8. The van der Waals surface area contributed by atoms with Crippen molar-refractivity contribution in [1.29, 1.82) is 0 Å². The molecule has 0 unspecified atom stereocenters. The smallest absolute Gasteiger partial charge is 0.345 e. The summed E-state index contributed by atoms with van der Waals surface area (Å²) in [6.07, 6.45) is 7.26. The SMILES string of the molecule is Cc1cc(OCCc2ccccn2)ccc1NC1=C(C(=O)O)C(=O)/C(=C/c2c[nH]c3ncccc23)O1. The number of carboxylic acids is 1. The van der Waals surface area contributed by atoms with Crippen LogP contribution in [0, 0.1) is 6.92 Å². The van der Waals surface area contributed by atoms with Crippen LogP contribution in [0.5, 0.6) is 5.75 Å². The number of benzene rings is 1. The van der Waals surface area contributed by atoms with Gasteiger partial charge in [0.05, 0.1) is 6.61 Å². The van der Waals surface area contributed by atoms with Gasteiger partial charge < -0.3 is 24.9 Å². The van der Waals surface area contributed by atoms with Crippen LogP contribution in [0.2, 0.25) is 0 Å². The van der Waals surface area contributed by atoms with Gasteiger partial charge in [-0.2, -0.15) is 0 Å². The lowest BCUT2D eigenvalue weighted by Gasteiger charge is -2.13. The van der Waals surface area contributed by atoms with Gasteiger partial charge >= 0.3 is 5.97 Å². The number of Topliss-reactive ketones (excluding diaryl/α,β-unsaturated/α-hetero) is 1. The molecule has 9 nitrogen and oxygen atoms in total. The van der Waals surface area contributed by atoms with Gasteiger partial charge in [0.1, 0.15) is 11.4 Å². The highest BCUT2D eigenvalue weighted by Crippen LogP contribution is 2.31. The number of ether oxygens (including phenoxy) is 2. The lowest BCUT2D eigenvalue weighted by molar-refractivity contribution is -0.134. The first-order valence-corrected chi connectivity index (χ1v) is 11.2. The van der Waals surface area contributed by atoms with Crippen LogP contribution in [0.3, 0.4) is 0 Å². The predicted octanol–water partition coefficient (Wildman–Crippen LogP) is 4.24. The Bertz CT molecular complexity index is 1520. The van der Waals surface area contributed by atoms with Gasteiger partial charge in [-0.1, -0.05) is 6.07 Å². The fraction of sp³-hybridized carbons (Fsp3) is 0.111. The molecular weight excluding hydrogens is 460 g/mol. The van der Waals surface area contributed by atoms with Gasteiger partial charge in [-0.25, -0.2) is 9.78 Å². The van der Waals surface area contributed by atoms with Crippen molar-refractivity contribution in [2.75, 3.05) is 11.9 Å². The number of pyridine rings is 2. The third-order valence-electron chi connectivity index (χ3n) is 5.67. The fourth-order valence-electron chi connectivity index (χ4n) is 3.86. The first-order valence-electron chi connectivity index (χ1n) is 11.2. The highest BCUT2D eigenvalue weighted by atomic mass is 16.5. The molecule has 0 fully saturated rings. The van der Waals surface area contributed by atoms with Crippen LogP contribution in [0.1, 0.15) is 16.8 Å². The number of aryl methyl sites for hydroxylation is 1. The molecule has 1 aromatic carbocycles. The monoisotopic (exact) mass is 482 g/mol. The number of nitrogens with zero attached hydrogens (tertiary/aromatic N) is 2. The number of carboxylic acid groups (broad SMARTS) is 1. The predicted molar refractivity (Wildman–Crippen MR) is 133 cm³/mol. The van der Waals surface area contributed by atoms with Crippen LogP contribution in [0.15, 0.2) is 84.3 Å². The molecule has 0 bridgehead atoms. The second-order valence-electron chi connectivity index (χ2n) is 8.11. The third-order valence-corrected chi connectivity index (χ3v) is 5.67. The molecule has 5 rings (SSSR count). The molecule has 0 aliphatic carbocycles. The normalized spacial score (nSPS) is 14.4. The molecule has 3 aromatic heterocycles. The Morgan fingerprint density at radius 1 is 1.17 bits per heavy atom. The Balaban J connectivity index is 1.32. The minimum Gasteiger partial charge on any atom is -0.493 e. The number of fused-ring (bicyclic) bond motifs is 1. The van der Waals surface area contributed by atoms with Crippen LogP contribution in [-0.4, -0.2) is 38.4 Å². The van der Waals surface area contributed by atoms with Crippen molar-refractivity contribution < 1.29 is 24.2 Å². The van der Waals surface area contributed by atoms with Crippen LogP contribution >= 0.6 is 0 Å². The number of aromatic nitrogens is 3. The number of anilines is 1. The summed E-state index contributed by atoms with van der Waals surface area (Å²) in [6.45, 7) is 2.31. The van der Waals surface area contributed by atoms with Gasteiger partial charge in [-0.15, -0.1) is 0 Å². The molecule has 0 spiro atoms. The summed E-state index contributed by atoms with van der Waals surface area (Å²) in [6, 6.07) is 14.7. The van der Waals surface area contributed by atoms with E-state index in [1.165, 1.54) is 6.08 Å². The van der Waals surface area contributed by atoms with E-state index in [1.807, 2.05) is 37.3 Å². The van der Waals surface area contributed by atoms with Crippen molar-refractivity contribution in [2.24, 2.45) is 0 Å². The highest BCUT2D eigenvalue weighted by Gasteiger charge is 2.36. The second-order valence-corrected chi connectivity index (χ2v) is 8.11. The van der Waals surface area contributed by atoms with E-state index in [4.69, 9.17) is 9.47 Å². The lowest BCUT2D eigenvalue weighted by Crippen LogP contribution is -2.12. The molecule has 0 atom stereocenters. The van der Waals surface area contributed by atoms with Crippen molar-refractivity contribution in [3.05, 3.63) is 101 Å². The zero-order valence-electron chi connectivity index (χ0n) is 19.3. The maximum absolute atomic E-state index is 12.9. The summed E-state index contributed by atoms with van der Waals surface area (Å²) < 4.78 is 11.5. The van der Waals surface area contributed by atoms with Crippen LogP contribution < -0.4 is 10.1 Å². The number of carbonyl (C=O) groups excluding carboxylic acids is 1. The molecule has 1 aliphatic heterocycles. The van der Waals surface area contributed by atoms with Crippen LogP contribution in [0.4, 0.5) is 5.69 Å². The van der Waals surface area contributed by atoms with Crippen molar-refractivity contribution in [3.8, 4) is 5.75 Å². The van der Waals surface area contributed by atoms with Crippen molar-refractivity contribution in [1.82, 2.24) is 15.0 Å². The largest absolute Gasteiger partial charge is 0.493 e. The van der Waals surface area contributed by atoms with Gasteiger partial charge in [0.2, 0.25) is 11.7 Å². The molecule has 0 saturated heterocycles. The molecule has 36 heavy (non-hydrogen) atoms. The van der Waals surface area contributed by atoms with Crippen LogP contribution in [-0.2, 0) is 20.7 Å². The molecule has 0 radical (unpaired) electrons. The number of aromatic amines is 1. The van der Waals surface area contributed by atoms with E-state index in [-0.39, 0.29) is 11.6 Å². The van der Waals surface area contributed by atoms with E-state index < -0.39 is 17.3 Å². The molecule has 3 N–H and O–H groups in total. The molecule has 0 saturated carbocycles. The summed E-state index contributed by atoms with van der Waals surface area (Å²) in [7, 11) is 0. The van der Waals surface area contributed by atoms with E-state index in [0.717, 1.165) is 16.6 Å². The average Bonchev–Trinajstić information content (AvgIpc) is 3.42. The number of H-pyrrole nitrogens is 1. The Morgan fingerprint density at radius 3 is 2.81 bits per heavy atom. The van der Waals surface area contributed by atoms with Crippen molar-refractivity contribution >= 4 is 34.5 Å². The van der Waals surface area contributed by atoms with E-state index in [2.05, 4.69) is 20.3 Å². The quantitative estimate of drug-likeness (QED) is 0.252. The standard InChI is InChI=1S/C27H22N4O5/c1-16-13-19(35-12-9-18-5-2-3-10-28-18)7-8-21(16)31-26-23(27(33)34)24(32)22(36-26)14-17-15-30-25-20(17)6-4-11-29-25/h2-8,10-11,13-15,31H,9,12H2,1H3,(H,29,30)(H,33,34)/b22-14-. The van der Waals surface area contributed by atoms with Crippen LogP contribution in [0.25, 0.3) is 17.1 Å². The summed E-state index contributed by atoms with van der Waals surface area (Å²) in [5.74, 6) is -1.65. The minimum absolute atomic E-state index is 0.0909. The summed E-state index contributed by atoms with van der Waals surface area (Å²) in [4.78, 5) is 36.3. The Kier molecular flexibility index (Phi) is 6.19. The average molecular weight is 482 g/mol. The molecule has 9 heteroatoms. The first kappa shape index (κ1) is 22.9. The van der Waals surface area contributed by atoms with Crippen molar-refractivity contribution in [2.45, 2.75) is 13.3 Å². The number of ketones is 1. The molecule has 180 valence electrons. The molecular formula is C27H22N4O5. The zero-order valence-corrected chi connectivity index (χ0v) is 19.3. The van der Waals surface area contributed by atoms with Gasteiger partial charge in [-0.3, -0.25) is 9.78 Å². The second kappa shape index (κ2) is 9.75. The fourth-order valence-corrected chi connectivity index (χ4v) is 3.86. The van der Waals surface area contributed by atoms with E-state index in [9.17, 15) is 14.7 Å². The number of carbonyl (C=O) groups is 2. The first-order chi connectivity index (χ1) is 17.5. The van der Waals surface area contributed by atoms with Gasteiger partial charge in [0.25, 0.3) is 0 Å². The maximum atomic E-state index is 12.9. The van der Waals surface area contributed by atoms with E-state index in [1.54, 1.807) is 36.8 Å². The number of nitrogens with one attached hydrogen (secondary N) is 2. The minimum atomic E-state index is -1.38. The highest BCUT2D eigenvalue weighted by molar-refractivity contribution is 6.26. The van der Waals surface area contributed by atoms with Gasteiger partial charge in [0.15, 0.2) is 11.3 Å². The number of hydrogen-bond acceptors (Lipinski definition) is 7. The summed E-state index contributed by atoms with van der Waals surface area (Å²) in [5, 5.41) is 13.4. The number of allylic oxidation sites excluding steroid dienone is 1. The van der Waals surface area contributed by atoms with Gasteiger partial charge in [-0.05, 0) is 61.0 Å². The molecule has 4 heterocycles. The number of hydrogen-bond donors (Lipinski definition) is 3. The Labute approximate surface area is 206 Å². The maximum Gasteiger partial charge on any atom is 0.345 e. The molecule has 0 amide bonds.